The maximum absolute atomic E-state index is 8.76. The molecule has 0 saturated carbocycles. The highest BCUT2D eigenvalue weighted by atomic mass is 28.3. The van der Waals surface area contributed by atoms with Crippen LogP contribution in [0.5, 0.6) is 0 Å². The first-order valence-corrected chi connectivity index (χ1v) is 7.91. The molecule has 0 aliphatic heterocycles. The van der Waals surface area contributed by atoms with Crippen molar-refractivity contribution in [2.24, 2.45) is 0 Å². The van der Waals surface area contributed by atoms with Crippen LogP contribution in [0, 0.1) is 0 Å². The van der Waals surface area contributed by atoms with Crippen molar-refractivity contribution in [1.82, 2.24) is 0 Å². The molecule has 0 heterocycles. The van der Waals surface area contributed by atoms with E-state index in [1.54, 1.807) is 0 Å². The Morgan fingerprint density at radius 1 is 1.25 bits per heavy atom. The molecule has 0 spiro atoms. The van der Waals surface area contributed by atoms with E-state index in [1.807, 2.05) is 0 Å². The van der Waals surface area contributed by atoms with Crippen LogP contribution in [0.4, 0.5) is 0 Å². The summed E-state index contributed by atoms with van der Waals surface area (Å²) in [5, 5.41) is 8.76. The predicted molar refractivity (Wildman–Crippen MR) is 56.0 cm³/mol. The van der Waals surface area contributed by atoms with Crippen LogP contribution in [0.15, 0.2) is 24.3 Å². The molecular formula is C10H18OSi. The van der Waals surface area contributed by atoms with Gasteiger partial charge >= 0.3 is 0 Å². The molecule has 0 atom stereocenters. The lowest BCUT2D eigenvalue weighted by molar-refractivity contribution is 0.294. The van der Waals surface area contributed by atoms with Gasteiger partial charge in [-0.3, -0.25) is 0 Å². The molecule has 1 aliphatic rings. The van der Waals surface area contributed by atoms with E-state index in [4.69, 9.17) is 5.11 Å². The van der Waals surface area contributed by atoms with Crippen molar-refractivity contribution in [3.63, 3.8) is 0 Å². The summed E-state index contributed by atoms with van der Waals surface area (Å²) < 4.78 is 0. The molecule has 68 valence electrons. The molecule has 0 unspecified atom stereocenters. The molecule has 0 aromatic heterocycles. The highest BCUT2D eigenvalue weighted by molar-refractivity contribution is 6.79. The Bertz CT molecular complexity index is 182. The van der Waals surface area contributed by atoms with Gasteiger partial charge in [0.2, 0.25) is 0 Å². The van der Waals surface area contributed by atoms with Crippen molar-refractivity contribution in [2.45, 2.75) is 31.1 Å². The van der Waals surface area contributed by atoms with E-state index in [0.717, 1.165) is 6.42 Å². The first kappa shape index (κ1) is 9.74. The minimum absolute atomic E-state index is 0.344. The zero-order valence-electron chi connectivity index (χ0n) is 7.96. The predicted octanol–water partition coefficient (Wildman–Crippen LogP) is 2.57. The maximum Gasteiger partial charge on any atom is 0.0589 e. The Morgan fingerprint density at radius 2 is 1.83 bits per heavy atom. The van der Waals surface area contributed by atoms with E-state index in [2.05, 4.69) is 37.4 Å². The lowest BCUT2D eigenvalue weighted by Crippen LogP contribution is -2.29. The molecule has 12 heavy (non-hydrogen) atoms. The zero-order valence-corrected chi connectivity index (χ0v) is 8.96. The Balaban J connectivity index is 2.46. The highest BCUT2D eigenvalue weighted by Gasteiger charge is 2.28. The fraction of sp³-hybridized carbons (Fsp3) is 0.600. The summed E-state index contributed by atoms with van der Waals surface area (Å²) in [4.78, 5) is 0. The van der Waals surface area contributed by atoms with E-state index < -0.39 is 8.07 Å². The Morgan fingerprint density at radius 3 is 2.33 bits per heavy atom. The minimum Gasteiger partial charge on any atom is -0.396 e. The molecule has 0 radical (unpaired) electrons. The van der Waals surface area contributed by atoms with Crippen molar-refractivity contribution in [1.29, 1.82) is 0 Å². The highest BCUT2D eigenvalue weighted by Crippen LogP contribution is 2.32. The van der Waals surface area contributed by atoms with Gasteiger partial charge in [0.05, 0.1) is 8.07 Å². The third-order valence-electron chi connectivity index (χ3n) is 2.63. The van der Waals surface area contributed by atoms with Crippen molar-refractivity contribution in [3.05, 3.63) is 24.3 Å². The van der Waals surface area contributed by atoms with Gasteiger partial charge < -0.3 is 5.11 Å². The van der Waals surface area contributed by atoms with Crippen LogP contribution in [-0.4, -0.2) is 19.8 Å². The average molecular weight is 182 g/mol. The molecule has 0 saturated heterocycles. The number of aliphatic hydroxyl groups excluding tert-OH is 1. The van der Waals surface area contributed by atoms with Gasteiger partial charge in [-0.25, -0.2) is 0 Å². The normalized spacial score (nSPS) is 17.6. The molecule has 2 heteroatoms. The molecule has 0 fully saturated rings. The van der Waals surface area contributed by atoms with Crippen LogP contribution in [0.2, 0.25) is 24.7 Å². The fourth-order valence-corrected chi connectivity index (χ4v) is 4.32. The summed E-state index contributed by atoms with van der Waals surface area (Å²) in [7, 11) is -1.12. The molecule has 0 aromatic carbocycles. The number of hydrogen-bond acceptors (Lipinski definition) is 1. The Kier molecular flexibility index (Phi) is 3.29. The summed E-state index contributed by atoms with van der Waals surface area (Å²) >= 11 is 0. The van der Waals surface area contributed by atoms with Crippen molar-refractivity contribution >= 4 is 8.07 Å². The molecule has 0 bridgehead atoms. The summed E-state index contributed by atoms with van der Waals surface area (Å²) in [5.41, 5.74) is 0.698. The minimum atomic E-state index is -1.12. The van der Waals surface area contributed by atoms with Gasteiger partial charge in [0.15, 0.2) is 0 Å². The lowest BCUT2D eigenvalue weighted by atomic mass is 10.5. The number of allylic oxidation sites excluding steroid dienone is 4. The third-order valence-corrected chi connectivity index (χ3v) is 6.46. The average Bonchev–Trinajstić information content (AvgIpc) is 2.53. The van der Waals surface area contributed by atoms with Crippen molar-refractivity contribution in [2.75, 3.05) is 6.61 Å². The second kappa shape index (κ2) is 4.05. The Hall–Kier alpha value is -0.343. The van der Waals surface area contributed by atoms with Crippen molar-refractivity contribution in [3.8, 4) is 0 Å². The quantitative estimate of drug-likeness (QED) is 0.663. The largest absolute Gasteiger partial charge is 0.396 e. The third kappa shape index (κ3) is 2.32. The van der Waals surface area contributed by atoms with Gasteiger partial charge in [0, 0.05) is 6.61 Å². The topological polar surface area (TPSA) is 20.2 Å². The first-order chi connectivity index (χ1) is 5.67. The summed E-state index contributed by atoms with van der Waals surface area (Å²) in [6.45, 7) is 5.14. The fourth-order valence-electron chi connectivity index (χ4n) is 1.65. The van der Waals surface area contributed by atoms with Crippen LogP contribution in [0.3, 0.4) is 0 Å². The van der Waals surface area contributed by atoms with Gasteiger partial charge in [-0.2, -0.15) is 0 Å². The smallest absolute Gasteiger partial charge is 0.0589 e. The standard InChI is InChI=1S/C10H18OSi/c1-12(2,9-5-8-11)10-6-3-4-7-10/h3-4,6-7,10-11H,5,8-9H2,1-2H3. The van der Waals surface area contributed by atoms with Crippen LogP contribution in [-0.2, 0) is 0 Å². The molecular weight excluding hydrogens is 164 g/mol. The molecule has 0 aromatic rings. The number of rotatable bonds is 4. The lowest BCUT2D eigenvalue weighted by Gasteiger charge is -2.26. The molecule has 1 aliphatic carbocycles. The van der Waals surface area contributed by atoms with Gasteiger partial charge in [0.1, 0.15) is 0 Å². The van der Waals surface area contributed by atoms with Gasteiger partial charge in [0.25, 0.3) is 0 Å². The second-order valence-electron chi connectivity index (χ2n) is 4.11. The summed E-state index contributed by atoms with van der Waals surface area (Å²) in [6.07, 6.45) is 9.83. The number of hydrogen-bond donors (Lipinski definition) is 1. The molecule has 1 nitrogen and oxygen atoms in total. The first-order valence-electron chi connectivity index (χ1n) is 4.63. The summed E-state index contributed by atoms with van der Waals surface area (Å²) in [6, 6.07) is 1.23. The second-order valence-corrected chi connectivity index (χ2v) is 9.26. The van der Waals surface area contributed by atoms with Crippen LogP contribution < -0.4 is 0 Å². The van der Waals surface area contributed by atoms with E-state index in [0.29, 0.717) is 12.1 Å². The molecule has 1 rings (SSSR count). The zero-order chi connectivity index (χ0) is 9.03. The maximum atomic E-state index is 8.76. The number of aliphatic hydroxyl groups is 1. The van der Waals surface area contributed by atoms with E-state index in [1.165, 1.54) is 6.04 Å². The SMILES string of the molecule is C[Si](C)(CCCO)C1C=CC=C1. The van der Waals surface area contributed by atoms with Gasteiger partial charge in [-0.1, -0.05) is 43.4 Å². The van der Waals surface area contributed by atoms with E-state index in [9.17, 15) is 0 Å². The summed E-state index contributed by atoms with van der Waals surface area (Å²) in [5.74, 6) is 0. The molecule has 0 amide bonds. The van der Waals surface area contributed by atoms with Crippen LogP contribution >= 0.6 is 0 Å². The van der Waals surface area contributed by atoms with Crippen LogP contribution in [0.1, 0.15) is 6.42 Å². The Labute approximate surface area is 75.8 Å². The van der Waals surface area contributed by atoms with E-state index in [-0.39, 0.29) is 0 Å². The van der Waals surface area contributed by atoms with Crippen LogP contribution in [0.25, 0.3) is 0 Å². The van der Waals surface area contributed by atoms with Gasteiger partial charge in [-0.15, -0.1) is 0 Å². The van der Waals surface area contributed by atoms with Gasteiger partial charge in [-0.05, 0) is 12.0 Å². The molecule has 1 N–H and O–H groups in total. The van der Waals surface area contributed by atoms with Crippen molar-refractivity contribution < 1.29 is 5.11 Å². The monoisotopic (exact) mass is 182 g/mol. The van der Waals surface area contributed by atoms with E-state index >= 15 is 0 Å².